The summed E-state index contributed by atoms with van der Waals surface area (Å²) in [4.78, 5) is 25.1. The number of hydrogen-bond acceptors (Lipinski definition) is 3. The Bertz CT molecular complexity index is 319. The van der Waals surface area contributed by atoms with E-state index in [4.69, 9.17) is 0 Å². The Kier molecular flexibility index (Phi) is 4.58. The van der Waals surface area contributed by atoms with E-state index in [0.717, 1.165) is 45.2 Å². The van der Waals surface area contributed by atoms with Crippen LogP contribution < -0.4 is 5.32 Å². The minimum Gasteiger partial charge on any atom is -0.480 e. The van der Waals surface area contributed by atoms with Crippen LogP contribution in [0.25, 0.3) is 0 Å². The predicted octanol–water partition coefficient (Wildman–Crippen LogP) is 0.984. The van der Waals surface area contributed by atoms with E-state index in [-0.39, 0.29) is 11.9 Å². The maximum absolute atomic E-state index is 11.6. The molecule has 5 heteroatoms. The average molecular weight is 254 g/mol. The Morgan fingerprint density at radius 3 is 2.83 bits per heavy atom. The number of carboxylic acids is 1. The summed E-state index contributed by atoms with van der Waals surface area (Å²) in [6, 6.07) is -0.296. The van der Waals surface area contributed by atoms with E-state index in [2.05, 4.69) is 10.2 Å². The molecule has 18 heavy (non-hydrogen) atoms. The molecule has 0 aromatic heterocycles. The number of nitrogens with one attached hydrogen (secondary N) is 1. The van der Waals surface area contributed by atoms with Crippen molar-refractivity contribution in [3.63, 3.8) is 0 Å². The molecule has 0 aliphatic carbocycles. The van der Waals surface area contributed by atoms with Crippen molar-refractivity contribution in [3.05, 3.63) is 0 Å². The van der Waals surface area contributed by atoms with Gasteiger partial charge in [-0.15, -0.1) is 0 Å². The minimum atomic E-state index is -0.735. The first kappa shape index (κ1) is 13.3. The molecule has 0 radical (unpaired) electrons. The van der Waals surface area contributed by atoms with Crippen molar-refractivity contribution >= 4 is 11.9 Å². The third-order valence-corrected chi connectivity index (χ3v) is 4.01. The summed E-state index contributed by atoms with van der Waals surface area (Å²) in [7, 11) is 0. The third-order valence-electron chi connectivity index (χ3n) is 4.01. The van der Waals surface area contributed by atoms with Crippen LogP contribution in [0.2, 0.25) is 0 Å². The highest BCUT2D eigenvalue weighted by molar-refractivity contribution is 5.77. The van der Waals surface area contributed by atoms with Crippen LogP contribution in [0.5, 0.6) is 0 Å². The molecule has 0 spiro atoms. The summed E-state index contributed by atoms with van der Waals surface area (Å²) in [5.41, 5.74) is 0. The standard InChI is InChI=1S/C13H22N2O3/c16-12-9-10(5-4-7-14-12)15-8-3-1-2-6-11(15)13(17)18/h10-11H,1-9H2,(H,14,16)(H,17,18). The van der Waals surface area contributed by atoms with Crippen LogP contribution >= 0.6 is 0 Å². The Balaban J connectivity index is 2.10. The van der Waals surface area contributed by atoms with E-state index in [0.29, 0.717) is 12.8 Å². The van der Waals surface area contributed by atoms with Gasteiger partial charge in [-0.2, -0.15) is 0 Å². The van der Waals surface area contributed by atoms with E-state index < -0.39 is 12.0 Å². The number of likely N-dealkylation sites (tertiary alicyclic amines) is 1. The first-order chi connectivity index (χ1) is 8.68. The fourth-order valence-corrected chi connectivity index (χ4v) is 3.07. The Morgan fingerprint density at radius 2 is 2.06 bits per heavy atom. The zero-order chi connectivity index (χ0) is 13.0. The summed E-state index contributed by atoms with van der Waals surface area (Å²) in [6.07, 6.45) is 6.15. The first-order valence-electron chi connectivity index (χ1n) is 6.94. The van der Waals surface area contributed by atoms with Crippen molar-refractivity contribution in [1.29, 1.82) is 0 Å². The van der Waals surface area contributed by atoms with Gasteiger partial charge in [0.1, 0.15) is 6.04 Å². The highest BCUT2D eigenvalue weighted by Gasteiger charge is 2.33. The molecular weight excluding hydrogens is 232 g/mol. The molecule has 2 atom stereocenters. The van der Waals surface area contributed by atoms with Crippen molar-refractivity contribution in [2.75, 3.05) is 13.1 Å². The van der Waals surface area contributed by atoms with E-state index in [1.54, 1.807) is 0 Å². The minimum absolute atomic E-state index is 0.0610. The number of carbonyl (C=O) groups is 2. The second-order valence-corrected chi connectivity index (χ2v) is 5.29. The fraction of sp³-hybridized carbons (Fsp3) is 0.846. The van der Waals surface area contributed by atoms with Crippen molar-refractivity contribution in [1.82, 2.24) is 10.2 Å². The molecule has 102 valence electrons. The van der Waals surface area contributed by atoms with Crippen molar-refractivity contribution in [3.8, 4) is 0 Å². The Morgan fingerprint density at radius 1 is 1.22 bits per heavy atom. The van der Waals surface area contributed by atoms with Gasteiger partial charge in [-0.05, 0) is 32.2 Å². The molecule has 2 fully saturated rings. The quantitative estimate of drug-likeness (QED) is 0.771. The molecular formula is C13H22N2O3. The van der Waals surface area contributed by atoms with Gasteiger partial charge in [-0.3, -0.25) is 14.5 Å². The molecule has 2 aliphatic rings. The van der Waals surface area contributed by atoms with Gasteiger partial charge in [0, 0.05) is 19.0 Å². The average Bonchev–Trinajstić information content (AvgIpc) is 2.68. The first-order valence-corrected chi connectivity index (χ1v) is 6.94. The Labute approximate surface area is 108 Å². The topological polar surface area (TPSA) is 69.6 Å². The zero-order valence-electron chi connectivity index (χ0n) is 10.7. The number of carbonyl (C=O) groups excluding carboxylic acids is 1. The maximum Gasteiger partial charge on any atom is 0.320 e. The Hall–Kier alpha value is -1.10. The van der Waals surface area contributed by atoms with Gasteiger partial charge in [0.05, 0.1) is 0 Å². The lowest BCUT2D eigenvalue weighted by atomic mass is 10.0. The summed E-state index contributed by atoms with van der Waals surface area (Å²) in [6.45, 7) is 1.54. The summed E-state index contributed by atoms with van der Waals surface area (Å²) >= 11 is 0. The molecule has 2 unspecified atom stereocenters. The molecule has 0 aromatic rings. The van der Waals surface area contributed by atoms with Gasteiger partial charge < -0.3 is 10.4 Å². The van der Waals surface area contributed by atoms with Gasteiger partial charge in [-0.25, -0.2) is 0 Å². The molecule has 0 bridgehead atoms. The van der Waals surface area contributed by atoms with E-state index in [1.165, 1.54) is 0 Å². The summed E-state index contributed by atoms with van der Waals surface area (Å²) < 4.78 is 0. The number of hydrogen-bond donors (Lipinski definition) is 2. The normalized spacial score (nSPS) is 31.2. The SMILES string of the molecule is O=C1CC(N2CCCCCC2C(=O)O)CCCN1. The second-order valence-electron chi connectivity index (χ2n) is 5.29. The molecule has 0 saturated carbocycles. The van der Waals surface area contributed by atoms with E-state index in [9.17, 15) is 14.7 Å². The van der Waals surface area contributed by atoms with Gasteiger partial charge >= 0.3 is 5.97 Å². The van der Waals surface area contributed by atoms with Crippen LogP contribution in [0.4, 0.5) is 0 Å². The van der Waals surface area contributed by atoms with Crippen LogP contribution in [0.15, 0.2) is 0 Å². The van der Waals surface area contributed by atoms with Crippen LogP contribution in [-0.2, 0) is 9.59 Å². The summed E-state index contributed by atoms with van der Waals surface area (Å²) in [5.74, 6) is -0.674. The smallest absolute Gasteiger partial charge is 0.320 e. The van der Waals surface area contributed by atoms with E-state index >= 15 is 0 Å². The number of carboxylic acid groups (broad SMARTS) is 1. The second kappa shape index (κ2) is 6.18. The highest BCUT2D eigenvalue weighted by atomic mass is 16.4. The molecule has 2 heterocycles. The molecule has 1 amide bonds. The largest absolute Gasteiger partial charge is 0.480 e. The van der Waals surface area contributed by atoms with Crippen LogP contribution in [0.3, 0.4) is 0 Å². The number of amides is 1. The monoisotopic (exact) mass is 254 g/mol. The molecule has 2 rings (SSSR count). The lowest BCUT2D eigenvalue weighted by Gasteiger charge is -2.33. The predicted molar refractivity (Wildman–Crippen MR) is 67.2 cm³/mol. The number of nitrogens with zero attached hydrogens (tertiary/aromatic N) is 1. The molecule has 5 nitrogen and oxygen atoms in total. The van der Waals surface area contributed by atoms with Gasteiger partial charge in [0.25, 0.3) is 0 Å². The number of aliphatic carboxylic acids is 1. The maximum atomic E-state index is 11.6. The van der Waals surface area contributed by atoms with Crippen LogP contribution in [0, 0.1) is 0 Å². The fourth-order valence-electron chi connectivity index (χ4n) is 3.07. The van der Waals surface area contributed by atoms with Crippen molar-refractivity contribution in [2.24, 2.45) is 0 Å². The van der Waals surface area contributed by atoms with Gasteiger partial charge in [0.2, 0.25) is 5.91 Å². The lowest BCUT2D eigenvalue weighted by molar-refractivity contribution is -0.145. The molecule has 0 aromatic carbocycles. The van der Waals surface area contributed by atoms with Gasteiger partial charge in [-0.1, -0.05) is 12.8 Å². The van der Waals surface area contributed by atoms with Crippen molar-refractivity contribution in [2.45, 2.75) is 57.0 Å². The van der Waals surface area contributed by atoms with Crippen LogP contribution in [0.1, 0.15) is 44.9 Å². The molecule has 2 saturated heterocycles. The zero-order valence-corrected chi connectivity index (χ0v) is 10.7. The van der Waals surface area contributed by atoms with Crippen LogP contribution in [-0.4, -0.2) is 47.1 Å². The molecule has 2 aliphatic heterocycles. The third kappa shape index (κ3) is 3.22. The van der Waals surface area contributed by atoms with Crippen molar-refractivity contribution < 1.29 is 14.7 Å². The number of rotatable bonds is 2. The summed E-state index contributed by atoms with van der Waals surface area (Å²) in [5, 5.41) is 12.2. The van der Waals surface area contributed by atoms with E-state index in [1.807, 2.05) is 0 Å². The highest BCUT2D eigenvalue weighted by Crippen LogP contribution is 2.24. The van der Waals surface area contributed by atoms with Gasteiger partial charge in [0.15, 0.2) is 0 Å². The lowest BCUT2D eigenvalue weighted by Crippen LogP contribution is -2.47. The molecule has 2 N–H and O–H groups in total.